The fourth-order valence-electron chi connectivity index (χ4n) is 1.82. The van der Waals surface area contributed by atoms with Crippen molar-refractivity contribution in [3.05, 3.63) is 53.6 Å². The molecule has 0 atom stereocenters. The maximum absolute atomic E-state index is 13.0. The Morgan fingerprint density at radius 3 is 3.00 bits per heavy atom. The lowest BCUT2D eigenvalue weighted by Gasteiger charge is -2.02. The number of benzene rings is 1. The molecule has 2 aromatic rings. The van der Waals surface area contributed by atoms with E-state index < -0.39 is 0 Å². The standard InChI is InChI=1S/C14H18FN3/c1-2-6-16-8-13-9-17-18(11-13)10-12-4-3-5-14(15)7-12/h3-5,7,9,11,16H,2,6,8,10H2,1H3. The highest BCUT2D eigenvalue weighted by atomic mass is 19.1. The normalized spacial score (nSPS) is 10.8. The molecule has 0 spiro atoms. The fourth-order valence-corrected chi connectivity index (χ4v) is 1.82. The fraction of sp³-hybridized carbons (Fsp3) is 0.357. The lowest BCUT2D eigenvalue weighted by atomic mass is 10.2. The first-order valence-electron chi connectivity index (χ1n) is 6.24. The zero-order valence-corrected chi connectivity index (χ0v) is 10.6. The second kappa shape index (κ2) is 6.31. The molecule has 1 heterocycles. The van der Waals surface area contributed by atoms with Crippen molar-refractivity contribution in [2.75, 3.05) is 6.54 Å². The van der Waals surface area contributed by atoms with Crippen LogP contribution in [0.15, 0.2) is 36.7 Å². The van der Waals surface area contributed by atoms with Crippen molar-refractivity contribution in [2.24, 2.45) is 0 Å². The Labute approximate surface area is 107 Å². The zero-order chi connectivity index (χ0) is 12.8. The van der Waals surface area contributed by atoms with Gasteiger partial charge in [-0.05, 0) is 30.7 Å². The summed E-state index contributed by atoms with van der Waals surface area (Å²) < 4.78 is 14.9. The molecule has 0 bridgehead atoms. The van der Waals surface area contributed by atoms with Crippen LogP contribution < -0.4 is 5.32 Å². The van der Waals surface area contributed by atoms with Gasteiger partial charge in [0, 0.05) is 18.3 Å². The smallest absolute Gasteiger partial charge is 0.123 e. The van der Waals surface area contributed by atoms with Gasteiger partial charge in [0.2, 0.25) is 0 Å². The van der Waals surface area contributed by atoms with Crippen LogP contribution in [0.25, 0.3) is 0 Å². The first kappa shape index (κ1) is 12.8. The molecule has 2 rings (SSSR count). The Hall–Kier alpha value is -1.68. The van der Waals surface area contributed by atoms with Crippen molar-refractivity contribution in [3.63, 3.8) is 0 Å². The van der Waals surface area contributed by atoms with Gasteiger partial charge in [0.25, 0.3) is 0 Å². The summed E-state index contributed by atoms with van der Waals surface area (Å²) in [5, 5.41) is 7.60. The van der Waals surface area contributed by atoms with Crippen molar-refractivity contribution in [1.29, 1.82) is 0 Å². The van der Waals surface area contributed by atoms with Crippen LogP contribution in [-0.4, -0.2) is 16.3 Å². The van der Waals surface area contributed by atoms with Gasteiger partial charge in [-0.15, -0.1) is 0 Å². The number of hydrogen-bond donors (Lipinski definition) is 1. The summed E-state index contributed by atoms with van der Waals surface area (Å²) >= 11 is 0. The average Bonchev–Trinajstić information content (AvgIpc) is 2.77. The quantitative estimate of drug-likeness (QED) is 0.795. The van der Waals surface area contributed by atoms with E-state index in [2.05, 4.69) is 17.3 Å². The third kappa shape index (κ3) is 3.67. The van der Waals surface area contributed by atoms with Gasteiger partial charge in [-0.3, -0.25) is 4.68 Å². The Morgan fingerprint density at radius 2 is 2.22 bits per heavy atom. The molecule has 0 fully saturated rings. The van der Waals surface area contributed by atoms with Crippen molar-refractivity contribution in [2.45, 2.75) is 26.4 Å². The van der Waals surface area contributed by atoms with Gasteiger partial charge < -0.3 is 5.32 Å². The number of rotatable bonds is 6. The van der Waals surface area contributed by atoms with E-state index in [1.165, 1.54) is 12.1 Å². The van der Waals surface area contributed by atoms with Gasteiger partial charge in [0.15, 0.2) is 0 Å². The summed E-state index contributed by atoms with van der Waals surface area (Å²) in [6, 6.07) is 6.61. The Balaban J connectivity index is 1.94. The van der Waals surface area contributed by atoms with Gasteiger partial charge in [-0.1, -0.05) is 19.1 Å². The molecule has 3 nitrogen and oxygen atoms in total. The average molecular weight is 247 g/mol. The topological polar surface area (TPSA) is 29.9 Å². The van der Waals surface area contributed by atoms with Crippen molar-refractivity contribution < 1.29 is 4.39 Å². The van der Waals surface area contributed by atoms with Gasteiger partial charge in [0.1, 0.15) is 5.82 Å². The molecular weight excluding hydrogens is 229 g/mol. The first-order valence-corrected chi connectivity index (χ1v) is 6.24. The van der Waals surface area contributed by atoms with E-state index >= 15 is 0 Å². The number of nitrogens with one attached hydrogen (secondary N) is 1. The molecule has 0 saturated carbocycles. The van der Waals surface area contributed by atoms with Crippen LogP contribution in [0.4, 0.5) is 4.39 Å². The molecule has 0 aliphatic rings. The highest BCUT2D eigenvalue weighted by molar-refractivity contribution is 5.17. The number of aromatic nitrogens is 2. The predicted molar refractivity (Wildman–Crippen MR) is 69.7 cm³/mol. The van der Waals surface area contributed by atoms with E-state index in [-0.39, 0.29) is 5.82 Å². The molecule has 0 aliphatic carbocycles. The van der Waals surface area contributed by atoms with Gasteiger partial charge in [-0.25, -0.2) is 4.39 Å². The van der Waals surface area contributed by atoms with Crippen LogP contribution in [-0.2, 0) is 13.1 Å². The molecular formula is C14H18FN3. The monoisotopic (exact) mass is 247 g/mol. The summed E-state index contributed by atoms with van der Waals surface area (Å²) in [6.07, 6.45) is 4.97. The Kier molecular flexibility index (Phi) is 4.47. The molecule has 0 unspecified atom stereocenters. The van der Waals surface area contributed by atoms with Gasteiger partial charge in [-0.2, -0.15) is 5.10 Å². The van der Waals surface area contributed by atoms with Crippen molar-refractivity contribution in [3.8, 4) is 0 Å². The van der Waals surface area contributed by atoms with Crippen LogP contribution in [0.5, 0.6) is 0 Å². The molecule has 0 saturated heterocycles. The van der Waals surface area contributed by atoms with E-state index in [4.69, 9.17) is 0 Å². The van der Waals surface area contributed by atoms with E-state index in [0.717, 1.165) is 30.6 Å². The van der Waals surface area contributed by atoms with E-state index in [9.17, 15) is 4.39 Å². The highest BCUT2D eigenvalue weighted by Crippen LogP contribution is 2.06. The molecule has 0 aliphatic heterocycles. The third-order valence-corrected chi connectivity index (χ3v) is 2.68. The van der Waals surface area contributed by atoms with E-state index in [1.54, 1.807) is 6.07 Å². The molecule has 0 radical (unpaired) electrons. The zero-order valence-electron chi connectivity index (χ0n) is 10.6. The van der Waals surface area contributed by atoms with Gasteiger partial charge >= 0.3 is 0 Å². The maximum Gasteiger partial charge on any atom is 0.123 e. The lowest BCUT2D eigenvalue weighted by molar-refractivity contribution is 0.619. The molecule has 0 amide bonds. The molecule has 96 valence electrons. The summed E-state index contributed by atoms with van der Waals surface area (Å²) in [4.78, 5) is 0. The number of halogens is 1. The molecule has 4 heteroatoms. The SMILES string of the molecule is CCCNCc1cnn(Cc2cccc(F)c2)c1. The largest absolute Gasteiger partial charge is 0.313 e. The summed E-state index contributed by atoms with van der Waals surface area (Å²) in [5.74, 6) is -0.204. The highest BCUT2D eigenvalue weighted by Gasteiger charge is 2.00. The third-order valence-electron chi connectivity index (χ3n) is 2.68. The van der Waals surface area contributed by atoms with Crippen molar-refractivity contribution in [1.82, 2.24) is 15.1 Å². The number of nitrogens with zero attached hydrogens (tertiary/aromatic N) is 2. The molecule has 1 N–H and O–H groups in total. The molecule has 18 heavy (non-hydrogen) atoms. The molecule has 1 aromatic carbocycles. The Bertz CT molecular complexity index is 493. The minimum Gasteiger partial charge on any atom is -0.313 e. The van der Waals surface area contributed by atoms with Crippen LogP contribution in [0, 0.1) is 5.82 Å². The van der Waals surface area contributed by atoms with Crippen LogP contribution in [0.3, 0.4) is 0 Å². The van der Waals surface area contributed by atoms with Gasteiger partial charge in [0.05, 0.1) is 12.7 Å². The summed E-state index contributed by atoms with van der Waals surface area (Å²) in [5.41, 5.74) is 2.08. The van der Waals surface area contributed by atoms with Crippen LogP contribution in [0.1, 0.15) is 24.5 Å². The maximum atomic E-state index is 13.0. The number of hydrogen-bond acceptors (Lipinski definition) is 2. The van der Waals surface area contributed by atoms with Crippen molar-refractivity contribution >= 4 is 0 Å². The van der Waals surface area contributed by atoms with Crippen LogP contribution >= 0.6 is 0 Å². The second-order valence-electron chi connectivity index (χ2n) is 4.35. The first-order chi connectivity index (χ1) is 8.78. The molecule has 1 aromatic heterocycles. The summed E-state index contributed by atoms with van der Waals surface area (Å²) in [6.45, 7) is 4.58. The Morgan fingerprint density at radius 1 is 1.33 bits per heavy atom. The minimum atomic E-state index is -0.204. The minimum absolute atomic E-state index is 0.204. The second-order valence-corrected chi connectivity index (χ2v) is 4.35. The van der Waals surface area contributed by atoms with E-state index in [0.29, 0.717) is 6.54 Å². The summed E-state index contributed by atoms with van der Waals surface area (Å²) in [7, 11) is 0. The predicted octanol–water partition coefficient (Wildman–Crippen LogP) is 2.57. The lowest BCUT2D eigenvalue weighted by Crippen LogP contribution is -2.13. The van der Waals surface area contributed by atoms with E-state index in [1.807, 2.05) is 23.1 Å². The van der Waals surface area contributed by atoms with Crippen LogP contribution in [0.2, 0.25) is 0 Å².